The van der Waals surface area contributed by atoms with Crippen molar-refractivity contribution in [2.24, 2.45) is 5.92 Å². The average Bonchev–Trinajstić information content (AvgIpc) is 2.61. The number of aliphatic hydroxyl groups excluding tert-OH is 2. The van der Waals surface area contributed by atoms with Gasteiger partial charge in [0.2, 0.25) is 0 Å². The second kappa shape index (κ2) is 5.48. The van der Waals surface area contributed by atoms with Crippen LogP contribution in [0.4, 0.5) is 0 Å². The van der Waals surface area contributed by atoms with Gasteiger partial charge in [0.05, 0.1) is 24.7 Å². The molecule has 3 unspecified atom stereocenters. The van der Waals surface area contributed by atoms with Crippen LogP contribution in [0.1, 0.15) is 19.3 Å². The number of thioether (sulfide) groups is 1. The molecule has 0 bridgehead atoms. The second-order valence-corrected chi connectivity index (χ2v) is 4.65. The maximum absolute atomic E-state index is 9.12. The van der Waals surface area contributed by atoms with Gasteiger partial charge < -0.3 is 10.2 Å². The van der Waals surface area contributed by atoms with Gasteiger partial charge in [-0.15, -0.1) is 0 Å². The van der Waals surface area contributed by atoms with Crippen molar-refractivity contribution >= 4 is 11.8 Å². The summed E-state index contributed by atoms with van der Waals surface area (Å²) in [6, 6.07) is 2.29. The lowest BCUT2D eigenvalue weighted by molar-refractivity contribution is 0.113. The van der Waals surface area contributed by atoms with Crippen molar-refractivity contribution in [1.82, 2.24) is 0 Å². The van der Waals surface area contributed by atoms with Crippen LogP contribution in [-0.2, 0) is 0 Å². The molecular formula is C9H15NO2S. The first-order valence-corrected chi connectivity index (χ1v) is 5.63. The van der Waals surface area contributed by atoms with Gasteiger partial charge in [-0.05, 0) is 12.8 Å². The molecule has 2 N–H and O–H groups in total. The number of rotatable bonds is 4. The molecule has 0 aromatic rings. The number of aliphatic hydroxyl groups is 2. The molecule has 4 heteroatoms. The molecule has 0 saturated heterocycles. The Morgan fingerprint density at radius 3 is 2.92 bits per heavy atom. The van der Waals surface area contributed by atoms with Crippen molar-refractivity contribution in [2.75, 3.05) is 12.4 Å². The van der Waals surface area contributed by atoms with Gasteiger partial charge in [0.15, 0.2) is 0 Å². The fourth-order valence-electron chi connectivity index (χ4n) is 1.56. The van der Waals surface area contributed by atoms with Gasteiger partial charge in [0.1, 0.15) is 0 Å². The summed E-state index contributed by atoms with van der Waals surface area (Å²) in [7, 11) is 0. The second-order valence-electron chi connectivity index (χ2n) is 3.37. The predicted molar refractivity (Wildman–Crippen MR) is 52.3 cm³/mol. The highest BCUT2D eigenvalue weighted by molar-refractivity contribution is 7.99. The molecule has 0 amide bonds. The molecule has 0 radical (unpaired) electrons. The molecule has 3 atom stereocenters. The molecule has 1 aliphatic carbocycles. The smallest absolute Gasteiger partial charge is 0.0861 e. The van der Waals surface area contributed by atoms with E-state index in [1.807, 2.05) is 0 Å². The Morgan fingerprint density at radius 1 is 1.54 bits per heavy atom. The van der Waals surface area contributed by atoms with E-state index in [1.165, 1.54) is 0 Å². The Labute approximate surface area is 82.8 Å². The average molecular weight is 201 g/mol. The Bertz CT molecular complexity index is 193. The van der Waals surface area contributed by atoms with E-state index >= 15 is 0 Å². The first-order valence-electron chi connectivity index (χ1n) is 4.58. The Balaban J connectivity index is 2.24. The van der Waals surface area contributed by atoms with E-state index in [2.05, 4.69) is 6.07 Å². The summed E-state index contributed by atoms with van der Waals surface area (Å²) in [5.74, 6) is 0.690. The molecule has 0 spiro atoms. The number of nitrogens with zero attached hydrogens (tertiary/aromatic N) is 1. The highest BCUT2D eigenvalue weighted by Gasteiger charge is 2.27. The molecular weight excluding hydrogens is 186 g/mol. The summed E-state index contributed by atoms with van der Waals surface area (Å²) in [4.78, 5) is 0. The van der Waals surface area contributed by atoms with Crippen LogP contribution in [0.5, 0.6) is 0 Å². The van der Waals surface area contributed by atoms with Crippen LogP contribution in [0.15, 0.2) is 0 Å². The lowest BCUT2D eigenvalue weighted by Crippen LogP contribution is -2.18. The molecule has 0 aliphatic heterocycles. The monoisotopic (exact) mass is 201 g/mol. The first-order chi connectivity index (χ1) is 6.27. The molecule has 3 nitrogen and oxygen atoms in total. The van der Waals surface area contributed by atoms with Crippen LogP contribution < -0.4 is 0 Å². The highest BCUT2D eigenvalue weighted by Crippen LogP contribution is 2.34. The van der Waals surface area contributed by atoms with Crippen molar-refractivity contribution in [1.29, 1.82) is 5.26 Å². The zero-order valence-corrected chi connectivity index (χ0v) is 8.33. The van der Waals surface area contributed by atoms with Gasteiger partial charge in [0, 0.05) is 11.0 Å². The van der Waals surface area contributed by atoms with E-state index in [0.717, 1.165) is 19.3 Å². The van der Waals surface area contributed by atoms with Gasteiger partial charge in [-0.3, -0.25) is 0 Å². The Kier molecular flexibility index (Phi) is 4.57. The maximum atomic E-state index is 9.12. The Hall–Kier alpha value is -0.240. The summed E-state index contributed by atoms with van der Waals surface area (Å²) in [6.07, 6.45) is 2.54. The van der Waals surface area contributed by atoms with Crippen LogP contribution in [0.3, 0.4) is 0 Å². The van der Waals surface area contributed by atoms with Crippen LogP contribution in [0, 0.1) is 17.2 Å². The summed E-state index contributed by atoms with van der Waals surface area (Å²) in [6.45, 7) is -0.184. The van der Waals surface area contributed by atoms with Crippen LogP contribution >= 0.6 is 11.8 Å². The number of hydrogen-bond acceptors (Lipinski definition) is 4. The van der Waals surface area contributed by atoms with E-state index in [-0.39, 0.29) is 12.5 Å². The molecule has 1 aliphatic rings. The van der Waals surface area contributed by atoms with Crippen molar-refractivity contribution < 1.29 is 10.2 Å². The van der Waals surface area contributed by atoms with E-state index in [0.29, 0.717) is 11.0 Å². The van der Waals surface area contributed by atoms with E-state index in [4.69, 9.17) is 15.5 Å². The zero-order chi connectivity index (χ0) is 9.68. The Morgan fingerprint density at radius 2 is 2.31 bits per heavy atom. The molecule has 0 aromatic heterocycles. The topological polar surface area (TPSA) is 64.2 Å². The minimum absolute atomic E-state index is 0.149. The van der Waals surface area contributed by atoms with E-state index in [1.54, 1.807) is 11.8 Å². The fraction of sp³-hybridized carbons (Fsp3) is 0.889. The van der Waals surface area contributed by atoms with Crippen molar-refractivity contribution in [2.45, 2.75) is 30.6 Å². The quantitative estimate of drug-likeness (QED) is 0.705. The van der Waals surface area contributed by atoms with Crippen molar-refractivity contribution in [3.63, 3.8) is 0 Å². The molecule has 13 heavy (non-hydrogen) atoms. The third-order valence-electron chi connectivity index (χ3n) is 2.33. The summed E-state index contributed by atoms with van der Waals surface area (Å²) < 4.78 is 0. The van der Waals surface area contributed by atoms with Gasteiger partial charge >= 0.3 is 0 Å². The number of hydrogen-bond donors (Lipinski definition) is 2. The standard InChI is InChI=1S/C9H15NO2S/c10-4-7-2-1-3-9(7)13-6-8(12)5-11/h7-9,11-12H,1-3,5-6H2. The normalized spacial score (nSPS) is 29.9. The van der Waals surface area contributed by atoms with Gasteiger partial charge in [-0.2, -0.15) is 17.0 Å². The molecule has 0 heterocycles. The van der Waals surface area contributed by atoms with E-state index < -0.39 is 6.10 Å². The van der Waals surface area contributed by atoms with Crippen LogP contribution in [0.2, 0.25) is 0 Å². The lowest BCUT2D eigenvalue weighted by Gasteiger charge is -2.14. The maximum Gasteiger partial charge on any atom is 0.0861 e. The van der Waals surface area contributed by atoms with E-state index in [9.17, 15) is 0 Å². The summed E-state index contributed by atoms with van der Waals surface area (Å²) >= 11 is 1.62. The summed E-state index contributed by atoms with van der Waals surface area (Å²) in [5, 5.41) is 26.9. The van der Waals surface area contributed by atoms with Gasteiger partial charge in [-0.25, -0.2) is 0 Å². The van der Waals surface area contributed by atoms with Gasteiger partial charge in [-0.1, -0.05) is 6.42 Å². The molecule has 1 fully saturated rings. The molecule has 0 aromatic carbocycles. The largest absolute Gasteiger partial charge is 0.394 e. The lowest BCUT2D eigenvalue weighted by atomic mass is 10.1. The van der Waals surface area contributed by atoms with Crippen LogP contribution in [0.25, 0.3) is 0 Å². The molecule has 1 saturated carbocycles. The first kappa shape index (κ1) is 10.8. The zero-order valence-electron chi connectivity index (χ0n) is 7.52. The highest BCUT2D eigenvalue weighted by atomic mass is 32.2. The fourth-order valence-corrected chi connectivity index (χ4v) is 2.90. The van der Waals surface area contributed by atoms with Crippen molar-refractivity contribution in [3.05, 3.63) is 0 Å². The minimum atomic E-state index is -0.634. The third kappa shape index (κ3) is 3.18. The molecule has 1 rings (SSSR count). The van der Waals surface area contributed by atoms with Crippen molar-refractivity contribution in [3.8, 4) is 6.07 Å². The predicted octanol–water partition coefficient (Wildman–Crippen LogP) is 0.765. The minimum Gasteiger partial charge on any atom is -0.394 e. The third-order valence-corrected chi connectivity index (χ3v) is 3.90. The molecule has 74 valence electrons. The summed E-state index contributed by atoms with van der Waals surface area (Å²) in [5.41, 5.74) is 0. The van der Waals surface area contributed by atoms with Gasteiger partial charge in [0.25, 0.3) is 0 Å². The number of nitriles is 1. The van der Waals surface area contributed by atoms with Crippen LogP contribution in [-0.4, -0.2) is 33.9 Å². The SMILES string of the molecule is N#CC1CCCC1SCC(O)CO.